The highest BCUT2D eigenvalue weighted by Crippen LogP contribution is 2.39. The number of hydrogen-bond donors (Lipinski definition) is 3. The monoisotopic (exact) mass is 326 g/mol. The van der Waals surface area contributed by atoms with Gasteiger partial charge in [0.15, 0.2) is 0 Å². The first kappa shape index (κ1) is 14.9. The average Bonchev–Trinajstić information content (AvgIpc) is 3.29. The molecule has 2 atom stereocenters. The smallest absolute Gasteiger partial charge is 0.313 e. The lowest BCUT2D eigenvalue weighted by Gasteiger charge is -2.22. The van der Waals surface area contributed by atoms with E-state index in [-0.39, 0.29) is 18.4 Å². The number of rotatable bonds is 3. The van der Waals surface area contributed by atoms with Crippen molar-refractivity contribution in [2.45, 2.75) is 0 Å². The molecule has 7 heteroatoms. The molecular formula is C17H18N4O3. The van der Waals surface area contributed by atoms with Crippen molar-refractivity contribution in [1.82, 2.24) is 20.2 Å². The van der Waals surface area contributed by atoms with E-state index in [2.05, 4.69) is 15.3 Å². The van der Waals surface area contributed by atoms with Gasteiger partial charge in [0.1, 0.15) is 11.2 Å². The van der Waals surface area contributed by atoms with E-state index >= 15 is 0 Å². The molecule has 0 spiro atoms. The fourth-order valence-electron chi connectivity index (χ4n) is 3.78. The Morgan fingerprint density at radius 2 is 2.25 bits per heavy atom. The Morgan fingerprint density at radius 1 is 1.38 bits per heavy atom. The first-order valence-corrected chi connectivity index (χ1v) is 7.93. The summed E-state index contributed by atoms with van der Waals surface area (Å²) >= 11 is 0. The molecule has 124 valence electrons. The van der Waals surface area contributed by atoms with E-state index < -0.39 is 11.4 Å². The largest absolute Gasteiger partial charge is 0.481 e. The number of carboxylic acids is 1. The number of nitrogens with one attached hydrogen (secondary N) is 2. The Bertz CT molecular complexity index is 789. The van der Waals surface area contributed by atoms with Gasteiger partial charge in [-0.2, -0.15) is 0 Å². The van der Waals surface area contributed by atoms with Gasteiger partial charge in [0.2, 0.25) is 0 Å². The molecule has 1 aromatic heterocycles. The number of H-pyrrole nitrogens is 1. The molecule has 4 rings (SSSR count). The van der Waals surface area contributed by atoms with Crippen LogP contribution in [0.15, 0.2) is 36.7 Å². The highest BCUT2D eigenvalue weighted by molar-refractivity contribution is 5.96. The minimum absolute atomic E-state index is 0.0350. The molecule has 1 aromatic carbocycles. The van der Waals surface area contributed by atoms with Crippen LogP contribution in [0.3, 0.4) is 0 Å². The lowest BCUT2D eigenvalue weighted by atomic mass is 9.81. The molecule has 2 aromatic rings. The molecule has 0 aliphatic carbocycles. The molecular weight excluding hydrogens is 308 g/mol. The van der Waals surface area contributed by atoms with Crippen molar-refractivity contribution in [2.75, 3.05) is 26.2 Å². The van der Waals surface area contributed by atoms with Crippen LogP contribution in [0.4, 0.5) is 0 Å². The Kier molecular flexibility index (Phi) is 3.38. The topological polar surface area (TPSA) is 98.3 Å². The van der Waals surface area contributed by atoms with Gasteiger partial charge in [-0.1, -0.05) is 12.1 Å². The first-order valence-electron chi connectivity index (χ1n) is 7.93. The summed E-state index contributed by atoms with van der Waals surface area (Å²) in [6.07, 6.45) is 3.39. The number of carbonyl (C=O) groups is 2. The van der Waals surface area contributed by atoms with E-state index in [0.29, 0.717) is 31.0 Å². The molecule has 2 aliphatic heterocycles. The molecule has 7 nitrogen and oxygen atoms in total. The predicted molar refractivity (Wildman–Crippen MR) is 86.4 cm³/mol. The fourth-order valence-corrected chi connectivity index (χ4v) is 3.78. The summed E-state index contributed by atoms with van der Waals surface area (Å²) < 4.78 is 0. The van der Waals surface area contributed by atoms with Gasteiger partial charge >= 0.3 is 5.97 Å². The van der Waals surface area contributed by atoms with Gasteiger partial charge in [0, 0.05) is 55.6 Å². The second kappa shape index (κ2) is 5.45. The van der Waals surface area contributed by atoms with Gasteiger partial charge in [-0.25, -0.2) is 4.98 Å². The highest BCUT2D eigenvalue weighted by Gasteiger charge is 2.56. The van der Waals surface area contributed by atoms with E-state index in [0.717, 1.165) is 5.56 Å². The van der Waals surface area contributed by atoms with Crippen LogP contribution in [-0.4, -0.2) is 58.0 Å². The van der Waals surface area contributed by atoms with Gasteiger partial charge in [0.25, 0.3) is 5.91 Å². The number of hydrogen-bond acceptors (Lipinski definition) is 4. The maximum atomic E-state index is 12.8. The molecule has 3 N–H and O–H groups in total. The molecule has 24 heavy (non-hydrogen) atoms. The van der Waals surface area contributed by atoms with Crippen LogP contribution >= 0.6 is 0 Å². The van der Waals surface area contributed by atoms with E-state index in [1.54, 1.807) is 29.4 Å². The third-order valence-electron chi connectivity index (χ3n) is 5.12. The molecule has 0 unspecified atom stereocenters. The maximum Gasteiger partial charge on any atom is 0.313 e. The third kappa shape index (κ3) is 2.20. The molecule has 0 bridgehead atoms. The summed E-state index contributed by atoms with van der Waals surface area (Å²) in [6, 6.07) is 7.25. The number of aliphatic carboxylic acids is 1. The molecule has 2 saturated heterocycles. The molecule has 3 heterocycles. The van der Waals surface area contributed by atoms with Crippen molar-refractivity contribution in [2.24, 2.45) is 11.3 Å². The number of carbonyl (C=O) groups excluding carboxylic acids is 1. The standard InChI is InChI=1S/C17H18N4O3/c22-15(12-3-1-2-11(6-12)14-19-4-5-20-14)21-8-13-7-18-9-17(13,10-21)16(23)24/h1-6,13,18H,7-10H2,(H,19,20)(H,23,24)/t13-,17-/m1/s1. The van der Waals surface area contributed by atoms with Crippen molar-refractivity contribution in [3.05, 3.63) is 42.2 Å². The Morgan fingerprint density at radius 3 is 2.96 bits per heavy atom. The summed E-state index contributed by atoms with van der Waals surface area (Å²) in [7, 11) is 0. The van der Waals surface area contributed by atoms with Crippen molar-refractivity contribution < 1.29 is 14.7 Å². The molecule has 0 radical (unpaired) electrons. The van der Waals surface area contributed by atoms with Gasteiger partial charge in [0.05, 0.1) is 0 Å². The maximum absolute atomic E-state index is 12.8. The quantitative estimate of drug-likeness (QED) is 0.776. The van der Waals surface area contributed by atoms with Crippen LogP contribution in [0, 0.1) is 11.3 Å². The summed E-state index contributed by atoms with van der Waals surface area (Å²) in [5.74, 6) is -0.281. The van der Waals surface area contributed by atoms with Gasteiger partial charge < -0.3 is 20.3 Å². The lowest BCUT2D eigenvalue weighted by molar-refractivity contribution is -0.148. The second-order valence-corrected chi connectivity index (χ2v) is 6.49. The lowest BCUT2D eigenvalue weighted by Crippen LogP contribution is -2.41. The second-order valence-electron chi connectivity index (χ2n) is 6.49. The summed E-state index contributed by atoms with van der Waals surface area (Å²) in [4.78, 5) is 33.5. The van der Waals surface area contributed by atoms with E-state index in [1.807, 2.05) is 12.1 Å². The van der Waals surface area contributed by atoms with Crippen molar-refractivity contribution in [1.29, 1.82) is 0 Å². The van der Waals surface area contributed by atoms with Gasteiger partial charge in [-0.05, 0) is 12.1 Å². The van der Waals surface area contributed by atoms with Crippen LogP contribution in [0.5, 0.6) is 0 Å². The minimum Gasteiger partial charge on any atom is -0.481 e. The normalized spacial score (nSPS) is 25.7. The van der Waals surface area contributed by atoms with E-state index in [4.69, 9.17) is 0 Å². The van der Waals surface area contributed by atoms with Crippen molar-refractivity contribution in [3.8, 4) is 11.4 Å². The zero-order valence-electron chi connectivity index (χ0n) is 13.0. The number of aromatic nitrogens is 2. The van der Waals surface area contributed by atoms with E-state index in [9.17, 15) is 14.7 Å². The number of carboxylic acid groups (broad SMARTS) is 1. The SMILES string of the molecule is O=C(c1cccc(-c2ncc[nH]2)c1)N1C[C@H]2CNC[C@@]2(C(=O)O)C1. The molecule has 2 aliphatic rings. The van der Waals surface area contributed by atoms with Crippen molar-refractivity contribution >= 4 is 11.9 Å². The minimum atomic E-state index is -0.853. The number of likely N-dealkylation sites (tertiary alicyclic amines) is 1. The third-order valence-corrected chi connectivity index (χ3v) is 5.12. The number of aromatic amines is 1. The molecule has 2 fully saturated rings. The number of fused-ring (bicyclic) bond motifs is 1. The Labute approximate surface area is 138 Å². The molecule has 1 amide bonds. The summed E-state index contributed by atoms with van der Waals surface area (Å²) in [5.41, 5.74) is 0.533. The Balaban J connectivity index is 1.59. The predicted octanol–water partition coefficient (Wildman–Crippen LogP) is 0.823. The average molecular weight is 326 g/mol. The first-order chi connectivity index (χ1) is 11.6. The number of nitrogens with zero attached hydrogens (tertiary/aromatic N) is 2. The highest BCUT2D eigenvalue weighted by atomic mass is 16.4. The zero-order valence-corrected chi connectivity index (χ0v) is 13.0. The van der Waals surface area contributed by atoms with Crippen LogP contribution in [-0.2, 0) is 4.79 Å². The van der Waals surface area contributed by atoms with Crippen LogP contribution in [0.25, 0.3) is 11.4 Å². The number of amides is 1. The Hall–Kier alpha value is -2.67. The summed E-state index contributed by atoms with van der Waals surface area (Å²) in [5, 5.41) is 12.8. The van der Waals surface area contributed by atoms with Crippen LogP contribution in [0.2, 0.25) is 0 Å². The zero-order chi connectivity index (χ0) is 16.7. The fraction of sp³-hybridized carbons (Fsp3) is 0.353. The number of benzene rings is 1. The van der Waals surface area contributed by atoms with Gasteiger partial charge in [-0.3, -0.25) is 9.59 Å². The van der Waals surface area contributed by atoms with Crippen LogP contribution in [0.1, 0.15) is 10.4 Å². The molecule has 0 saturated carbocycles. The van der Waals surface area contributed by atoms with Gasteiger partial charge in [-0.15, -0.1) is 0 Å². The van der Waals surface area contributed by atoms with Crippen molar-refractivity contribution in [3.63, 3.8) is 0 Å². The van der Waals surface area contributed by atoms with Crippen LogP contribution < -0.4 is 5.32 Å². The summed E-state index contributed by atoms with van der Waals surface area (Å²) in [6.45, 7) is 1.79. The number of imidazole rings is 1. The van der Waals surface area contributed by atoms with E-state index in [1.165, 1.54) is 0 Å².